The molecule has 6 nitrogen and oxygen atoms in total. The van der Waals surface area contributed by atoms with Gasteiger partial charge in [-0.3, -0.25) is 10.1 Å². The van der Waals surface area contributed by atoms with Gasteiger partial charge < -0.3 is 4.74 Å². The van der Waals surface area contributed by atoms with Crippen LogP contribution < -0.4 is 10.1 Å². The molecule has 5 aromatic rings. The van der Waals surface area contributed by atoms with E-state index in [1.54, 1.807) is 18.0 Å². The second-order valence-corrected chi connectivity index (χ2v) is 8.12. The van der Waals surface area contributed by atoms with Gasteiger partial charge in [-0.05, 0) is 36.4 Å². The van der Waals surface area contributed by atoms with Gasteiger partial charge in [0.15, 0.2) is 5.13 Å². The average molecular weight is 453 g/mol. The van der Waals surface area contributed by atoms with E-state index in [1.165, 1.54) is 11.3 Å². The van der Waals surface area contributed by atoms with Gasteiger partial charge in [0.1, 0.15) is 11.4 Å². The monoisotopic (exact) mass is 452 g/mol. The van der Waals surface area contributed by atoms with Gasteiger partial charge in [-0.2, -0.15) is 5.10 Å². The molecule has 162 valence electrons. The summed E-state index contributed by atoms with van der Waals surface area (Å²) in [5.41, 5.74) is 4.56. The molecule has 0 unspecified atom stereocenters. The zero-order valence-electron chi connectivity index (χ0n) is 17.8. The Morgan fingerprint density at radius 2 is 1.61 bits per heavy atom. The van der Waals surface area contributed by atoms with Crippen LogP contribution in [-0.2, 0) is 0 Å². The Morgan fingerprint density at radius 1 is 0.909 bits per heavy atom. The van der Waals surface area contributed by atoms with Gasteiger partial charge in [-0.15, -0.1) is 11.3 Å². The van der Waals surface area contributed by atoms with E-state index in [0.29, 0.717) is 16.4 Å². The Labute approximate surface area is 195 Å². The molecule has 0 atom stereocenters. The summed E-state index contributed by atoms with van der Waals surface area (Å²) in [6.07, 6.45) is 1.75. The summed E-state index contributed by atoms with van der Waals surface area (Å²) in [5.74, 6) is 0.473. The number of thiazole rings is 1. The molecule has 0 saturated carbocycles. The van der Waals surface area contributed by atoms with Crippen LogP contribution >= 0.6 is 11.3 Å². The topological polar surface area (TPSA) is 69.0 Å². The summed E-state index contributed by atoms with van der Waals surface area (Å²) in [6.45, 7) is 0. The van der Waals surface area contributed by atoms with Crippen molar-refractivity contribution in [2.24, 2.45) is 0 Å². The largest absolute Gasteiger partial charge is 0.497 e. The van der Waals surface area contributed by atoms with Crippen LogP contribution in [-0.4, -0.2) is 27.8 Å². The summed E-state index contributed by atoms with van der Waals surface area (Å²) >= 11 is 1.39. The fourth-order valence-electron chi connectivity index (χ4n) is 3.45. The molecular weight excluding hydrogens is 432 g/mol. The van der Waals surface area contributed by atoms with Crippen LogP contribution in [0.25, 0.3) is 28.2 Å². The highest BCUT2D eigenvalue weighted by Gasteiger charge is 2.20. The quantitative estimate of drug-likeness (QED) is 0.347. The SMILES string of the molecule is COc1ccc(-c2nn(-c3ccccc3)cc2C(=O)Nc2nc(-c3ccccc3)cs2)cc1. The van der Waals surface area contributed by atoms with Crippen LogP contribution in [0.15, 0.2) is 96.5 Å². The second kappa shape index (κ2) is 9.10. The van der Waals surface area contributed by atoms with Gasteiger partial charge in [-0.1, -0.05) is 48.5 Å². The molecule has 3 aromatic carbocycles. The van der Waals surface area contributed by atoms with Crippen molar-refractivity contribution in [1.82, 2.24) is 14.8 Å². The van der Waals surface area contributed by atoms with Gasteiger partial charge in [-0.25, -0.2) is 9.67 Å². The predicted octanol–water partition coefficient (Wildman–Crippen LogP) is 5.92. The third-order valence-electron chi connectivity index (χ3n) is 5.14. The molecule has 2 heterocycles. The van der Waals surface area contributed by atoms with Crippen molar-refractivity contribution in [1.29, 1.82) is 0 Å². The number of para-hydroxylation sites is 1. The highest BCUT2D eigenvalue weighted by Crippen LogP contribution is 2.28. The maximum Gasteiger partial charge on any atom is 0.261 e. The van der Waals surface area contributed by atoms with E-state index in [9.17, 15) is 4.79 Å². The van der Waals surface area contributed by atoms with Crippen LogP contribution in [0, 0.1) is 0 Å². The van der Waals surface area contributed by atoms with Crippen LogP contribution in [0.1, 0.15) is 10.4 Å². The number of nitrogens with zero attached hydrogens (tertiary/aromatic N) is 3. The van der Waals surface area contributed by atoms with Crippen LogP contribution in [0.5, 0.6) is 5.75 Å². The van der Waals surface area contributed by atoms with Crippen LogP contribution in [0.3, 0.4) is 0 Å². The summed E-state index contributed by atoms with van der Waals surface area (Å²) in [5, 5.41) is 10.1. The van der Waals surface area contributed by atoms with Crippen molar-refractivity contribution in [3.05, 3.63) is 102 Å². The molecule has 0 bridgehead atoms. The molecule has 0 spiro atoms. The number of anilines is 1. The first kappa shape index (κ1) is 20.7. The molecule has 0 aliphatic rings. The molecule has 33 heavy (non-hydrogen) atoms. The molecule has 5 rings (SSSR count). The van der Waals surface area contributed by atoms with Crippen molar-refractivity contribution < 1.29 is 9.53 Å². The Kier molecular flexibility index (Phi) is 5.70. The van der Waals surface area contributed by atoms with Gasteiger partial charge in [0.2, 0.25) is 0 Å². The number of carbonyl (C=O) groups excluding carboxylic acids is 1. The zero-order valence-corrected chi connectivity index (χ0v) is 18.6. The minimum Gasteiger partial charge on any atom is -0.497 e. The summed E-state index contributed by atoms with van der Waals surface area (Å²) in [7, 11) is 1.62. The van der Waals surface area contributed by atoms with Crippen LogP contribution in [0.2, 0.25) is 0 Å². The normalized spacial score (nSPS) is 10.7. The lowest BCUT2D eigenvalue weighted by molar-refractivity contribution is 0.102. The van der Waals surface area contributed by atoms with Gasteiger partial charge >= 0.3 is 0 Å². The Balaban J connectivity index is 1.48. The third kappa shape index (κ3) is 4.40. The molecule has 0 aliphatic heterocycles. The second-order valence-electron chi connectivity index (χ2n) is 7.26. The Bertz CT molecular complexity index is 1380. The number of hydrogen-bond donors (Lipinski definition) is 1. The molecule has 1 amide bonds. The number of carbonyl (C=O) groups is 1. The number of aromatic nitrogens is 3. The smallest absolute Gasteiger partial charge is 0.261 e. The van der Waals surface area contributed by atoms with E-state index in [-0.39, 0.29) is 5.91 Å². The van der Waals surface area contributed by atoms with Crippen molar-refractivity contribution in [3.8, 4) is 34.0 Å². The van der Waals surface area contributed by atoms with E-state index in [2.05, 4.69) is 10.3 Å². The van der Waals surface area contributed by atoms with Crippen molar-refractivity contribution >= 4 is 22.4 Å². The fraction of sp³-hybridized carbons (Fsp3) is 0.0385. The number of hydrogen-bond acceptors (Lipinski definition) is 5. The highest BCUT2D eigenvalue weighted by atomic mass is 32.1. The number of amides is 1. The molecule has 7 heteroatoms. The maximum absolute atomic E-state index is 13.3. The first-order chi connectivity index (χ1) is 16.2. The third-order valence-corrected chi connectivity index (χ3v) is 5.89. The molecule has 1 N–H and O–H groups in total. The Hall–Kier alpha value is -4.23. The van der Waals surface area contributed by atoms with Crippen LogP contribution in [0.4, 0.5) is 5.13 Å². The maximum atomic E-state index is 13.3. The van der Waals surface area contributed by atoms with Gasteiger partial charge in [0.25, 0.3) is 5.91 Å². The van der Waals surface area contributed by atoms with Gasteiger partial charge in [0.05, 0.1) is 24.1 Å². The lowest BCUT2D eigenvalue weighted by Gasteiger charge is -2.04. The summed E-state index contributed by atoms with van der Waals surface area (Å²) in [6, 6.07) is 27.1. The average Bonchev–Trinajstić information content (AvgIpc) is 3.53. The van der Waals surface area contributed by atoms with E-state index >= 15 is 0 Å². The predicted molar refractivity (Wildman–Crippen MR) is 131 cm³/mol. The summed E-state index contributed by atoms with van der Waals surface area (Å²) < 4.78 is 6.98. The number of benzene rings is 3. The number of methoxy groups -OCH3 is 1. The molecule has 0 aliphatic carbocycles. The van der Waals surface area contributed by atoms with E-state index in [0.717, 1.165) is 28.3 Å². The lowest BCUT2D eigenvalue weighted by atomic mass is 10.1. The van der Waals surface area contributed by atoms with Gasteiger partial charge in [0, 0.05) is 22.7 Å². The fourth-order valence-corrected chi connectivity index (χ4v) is 4.17. The number of ether oxygens (including phenoxy) is 1. The lowest BCUT2D eigenvalue weighted by Crippen LogP contribution is -2.12. The minimum atomic E-state index is -0.267. The first-order valence-electron chi connectivity index (χ1n) is 10.3. The zero-order chi connectivity index (χ0) is 22.6. The molecule has 2 aromatic heterocycles. The number of rotatable bonds is 6. The summed E-state index contributed by atoms with van der Waals surface area (Å²) in [4.78, 5) is 17.9. The standard InChI is InChI=1S/C26H20N4O2S/c1-32-21-14-12-19(13-15-21)24-22(16-30(29-24)20-10-6-3-7-11-20)25(31)28-26-27-23(17-33-26)18-8-4-2-5-9-18/h2-17H,1H3,(H,27,28,31). The van der Waals surface area contributed by atoms with Crippen molar-refractivity contribution in [2.75, 3.05) is 12.4 Å². The van der Waals surface area contributed by atoms with Crippen molar-refractivity contribution in [3.63, 3.8) is 0 Å². The van der Waals surface area contributed by atoms with E-state index < -0.39 is 0 Å². The molecule has 0 saturated heterocycles. The number of nitrogens with one attached hydrogen (secondary N) is 1. The molecular formula is C26H20N4O2S. The molecule has 0 radical (unpaired) electrons. The highest BCUT2D eigenvalue weighted by molar-refractivity contribution is 7.14. The van der Waals surface area contributed by atoms with Crippen molar-refractivity contribution in [2.45, 2.75) is 0 Å². The van der Waals surface area contributed by atoms with E-state index in [1.807, 2.05) is 90.3 Å². The minimum absolute atomic E-state index is 0.267. The molecule has 0 fully saturated rings. The first-order valence-corrected chi connectivity index (χ1v) is 11.2. The Morgan fingerprint density at radius 3 is 2.30 bits per heavy atom. The van der Waals surface area contributed by atoms with E-state index in [4.69, 9.17) is 9.84 Å².